The van der Waals surface area contributed by atoms with E-state index in [1.807, 2.05) is 0 Å². The first-order chi connectivity index (χ1) is 10.9. The standard InChI is InChI=1S/C14H17BrN4O4/c15-10-1-3-11(4-2-10)16-13(21)18-17-12(20)7-9-5-6-19(8-9)14(22)23/h1-4,9H,5-8H2,(H,17,20)(H,22,23)(H2,16,18,21)/t9-/m0/s1. The summed E-state index contributed by atoms with van der Waals surface area (Å²) in [6.45, 7) is 0.776. The molecule has 1 saturated heterocycles. The van der Waals surface area contributed by atoms with Crippen molar-refractivity contribution in [2.45, 2.75) is 12.8 Å². The molecular weight excluding hydrogens is 368 g/mol. The van der Waals surface area contributed by atoms with Gasteiger partial charge in [0.25, 0.3) is 0 Å². The average molecular weight is 385 g/mol. The first kappa shape index (κ1) is 17.1. The molecule has 1 atom stereocenters. The predicted molar refractivity (Wildman–Crippen MR) is 86.8 cm³/mol. The number of urea groups is 1. The number of hydrazine groups is 1. The molecule has 4 N–H and O–H groups in total. The number of halogens is 1. The summed E-state index contributed by atoms with van der Waals surface area (Å²) in [4.78, 5) is 35.5. The molecule has 1 aliphatic heterocycles. The summed E-state index contributed by atoms with van der Waals surface area (Å²) < 4.78 is 0.892. The predicted octanol–water partition coefficient (Wildman–Crippen LogP) is 1.99. The van der Waals surface area contributed by atoms with Crippen molar-refractivity contribution in [2.24, 2.45) is 5.92 Å². The van der Waals surface area contributed by atoms with Crippen molar-refractivity contribution in [3.05, 3.63) is 28.7 Å². The van der Waals surface area contributed by atoms with Gasteiger partial charge in [0.1, 0.15) is 0 Å². The zero-order valence-corrected chi connectivity index (χ0v) is 13.8. The van der Waals surface area contributed by atoms with Gasteiger partial charge in [0.15, 0.2) is 0 Å². The third-order valence-electron chi connectivity index (χ3n) is 3.45. The second-order valence-electron chi connectivity index (χ2n) is 5.22. The van der Waals surface area contributed by atoms with E-state index >= 15 is 0 Å². The molecule has 0 radical (unpaired) electrons. The van der Waals surface area contributed by atoms with E-state index in [2.05, 4.69) is 32.1 Å². The van der Waals surface area contributed by atoms with Gasteiger partial charge in [-0.05, 0) is 36.6 Å². The molecule has 0 spiro atoms. The highest BCUT2D eigenvalue weighted by molar-refractivity contribution is 9.10. The monoisotopic (exact) mass is 384 g/mol. The van der Waals surface area contributed by atoms with Crippen molar-refractivity contribution in [1.82, 2.24) is 15.8 Å². The van der Waals surface area contributed by atoms with Gasteiger partial charge in [0.2, 0.25) is 5.91 Å². The number of anilines is 1. The van der Waals surface area contributed by atoms with Crippen molar-refractivity contribution >= 4 is 39.6 Å². The molecule has 0 bridgehead atoms. The van der Waals surface area contributed by atoms with Crippen molar-refractivity contribution in [1.29, 1.82) is 0 Å². The zero-order chi connectivity index (χ0) is 16.8. The smallest absolute Gasteiger partial charge is 0.407 e. The fraction of sp³-hybridized carbons (Fsp3) is 0.357. The Morgan fingerprint density at radius 3 is 2.52 bits per heavy atom. The normalized spacial score (nSPS) is 16.7. The van der Waals surface area contributed by atoms with E-state index in [1.54, 1.807) is 24.3 Å². The van der Waals surface area contributed by atoms with E-state index in [0.29, 0.717) is 25.2 Å². The molecule has 8 nitrogen and oxygen atoms in total. The number of amides is 4. The minimum absolute atomic E-state index is 0.0255. The number of nitrogens with one attached hydrogen (secondary N) is 3. The van der Waals surface area contributed by atoms with E-state index in [4.69, 9.17) is 5.11 Å². The lowest BCUT2D eigenvalue weighted by Gasteiger charge is -2.13. The van der Waals surface area contributed by atoms with Gasteiger partial charge in [-0.25, -0.2) is 15.0 Å². The van der Waals surface area contributed by atoms with Gasteiger partial charge >= 0.3 is 12.1 Å². The highest BCUT2D eigenvalue weighted by Gasteiger charge is 2.27. The van der Waals surface area contributed by atoms with Gasteiger partial charge in [-0.3, -0.25) is 10.2 Å². The summed E-state index contributed by atoms with van der Waals surface area (Å²) in [5.74, 6) is -0.379. The number of hydrogen-bond donors (Lipinski definition) is 4. The van der Waals surface area contributed by atoms with Crippen LogP contribution in [0.1, 0.15) is 12.8 Å². The number of carbonyl (C=O) groups excluding carboxylic acids is 2. The molecule has 1 aliphatic rings. The average Bonchev–Trinajstić information content (AvgIpc) is 2.96. The first-order valence-electron chi connectivity index (χ1n) is 7.03. The van der Waals surface area contributed by atoms with Crippen molar-refractivity contribution < 1.29 is 19.5 Å². The number of hydrogen-bond acceptors (Lipinski definition) is 3. The zero-order valence-electron chi connectivity index (χ0n) is 12.2. The van der Waals surface area contributed by atoms with Gasteiger partial charge in [0, 0.05) is 29.7 Å². The molecule has 9 heteroatoms. The minimum atomic E-state index is -0.972. The highest BCUT2D eigenvalue weighted by atomic mass is 79.9. The molecular formula is C14H17BrN4O4. The van der Waals surface area contributed by atoms with E-state index in [0.717, 1.165) is 4.47 Å². The van der Waals surface area contributed by atoms with Crippen molar-refractivity contribution in [2.75, 3.05) is 18.4 Å². The summed E-state index contributed by atoms with van der Waals surface area (Å²) in [5.41, 5.74) is 5.16. The third-order valence-corrected chi connectivity index (χ3v) is 3.98. The summed E-state index contributed by atoms with van der Waals surface area (Å²) in [6.07, 6.45) is -0.160. The molecule has 0 aliphatic carbocycles. The molecule has 0 unspecified atom stereocenters. The Bertz CT molecular complexity index is 593. The lowest BCUT2D eigenvalue weighted by atomic mass is 10.1. The lowest BCUT2D eigenvalue weighted by molar-refractivity contribution is -0.122. The van der Waals surface area contributed by atoms with Gasteiger partial charge < -0.3 is 15.3 Å². The summed E-state index contributed by atoms with van der Waals surface area (Å²) in [5, 5.41) is 11.4. The second-order valence-corrected chi connectivity index (χ2v) is 6.14. The second kappa shape index (κ2) is 7.82. The molecule has 0 aromatic heterocycles. The number of carbonyl (C=O) groups is 3. The van der Waals surface area contributed by atoms with E-state index in [9.17, 15) is 14.4 Å². The Balaban J connectivity index is 1.69. The summed E-state index contributed by atoms with van der Waals surface area (Å²) >= 11 is 3.29. The largest absolute Gasteiger partial charge is 0.465 e. The molecule has 124 valence electrons. The molecule has 0 saturated carbocycles. The van der Waals surface area contributed by atoms with Crippen molar-refractivity contribution in [3.8, 4) is 0 Å². The maximum absolute atomic E-state index is 11.8. The fourth-order valence-corrected chi connectivity index (χ4v) is 2.57. The number of rotatable bonds is 3. The lowest BCUT2D eigenvalue weighted by Crippen LogP contribution is -2.44. The Kier molecular flexibility index (Phi) is 5.80. The Hall–Kier alpha value is -2.29. The van der Waals surface area contributed by atoms with Crippen LogP contribution in [0, 0.1) is 5.92 Å². The topological polar surface area (TPSA) is 111 Å². The van der Waals surface area contributed by atoms with E-state index < -0.39 is 12.1 Å². The van der Waals surface area contributed by atoms with Gasteiger partial charge in [-0.1, -0.05) is 15.9 Å². The van der Waals surface area contributed by atoms with Crippen LogP contribution in [0.2, 0.25) is 0 Å². The molecule has 4 amide bonds. The van der Waals surface area contributed by atoms with Crippen LogP contribution < -0.4 is 16.2 Å². The summed E-state index contributed by atoms with van der Waals surface area (Å²) in [6, 6.07) is 6.43. The maximum atomic E-state index is 11.8. The first-order valence-corrected chi connectivity index (χ1v) is 7.82. The van der Waals surface area contributed by atoms with Crippen LogP contribution in [-0.4, -0.2) is 41.1 Å². The molecule has 1 aromatic rings. The van der Waals surface area contributed by atoms with Crippen molar-refractivity contribution in [3.63, 3.8) is 0 Å². The van der Waals surface area contributed by atoms with Gasteiger partial charge in [-0.15, -0.1) is 0 Å². The molecule has 23 heavy (non-hydrogen) atoms. The van der Waals surface area contributed by atoms with Crippen LogP contribution in [-0.2, 0) is 4.79 Å². The Morgan fingerprint density at radius 1 is 1.22 bits per heavy atom. The van der Waals surface area contributed by atoms with Gasteiger partial charge in [0.05, 0.1) is 0 Å². The van der Waals surface area contributed by atoms with Crippen LogP contribution >= 0.6 is 15.9 Å². The van der Waals surface area contributed by atoms with Crippen LogP contribution in [0.25, 0.3) is 0 Å². The highest BCUT2D eigenvalue weighted by Crippen LogP contribution is 2.19. The molecule has 2 rings (SSSR count). The number of carboxylic acid groups (broad SMARTS) is 1. The SMILES string of the molecule is O=C(C[C@@H]1CCN(C(=O)O)C1)NNC(=O)Nc1ccc(Br)cc1. The summed E-state index contributed by atoms with van der Waals surface area (Å²) in [7, 11) is 0. The van der Waals surface area contributed by atoms with Crippen LogP contribution in [0.3, 0.4) is 0 Å². The Labute approximate surface area is 141 Å². The van der Waals surface area contributed by atoms with E-state index in [1.165, 1.54) is 4.90 Å². The Morgan fingerprint density at radius 2 is 1.91 bits per heavy atom. The third kappa shape index (κ3) is 5.44. The molecule has 1 heterocycles. The molecule has 1 aromatic carbocycles. The van der Waals surface area contributed by atoms with Crippen LogP contribution in [0.15, 0.2) is 28.7 Å². The minimum Gasteiger partial charge on any atom is -0.465 e. The quantitative estimate of drug-likeness (QED) is 0.597. The molecule has 1 fully saturated rings. The number of likely N-dealkylation sites (tertiary alicyclic amines) is 1. The van der Waals surface area contributed by atoms with Gasteiger partial charge in [-0.2, -0.15) is 0 Å². The fourth-order valence-electron chi connectivity index (χ4n) is 2.31. The number of nitrogens with zero attached hydrogens (tertiary/aromatic N) is 1. The van der Waals surface area contributed by atoms with Crippen LogP contribution in [0.5, 0.6) is 0 Å². The number of benzene rings is 1. The maximum Gasteiger partial charge on any atom is 0.407 e. The van der Waals surface area contributed by atoms with E-state index in [-0.39, 0.29) is 18.2 Å². The van der Waals surface area contributed by atoms with Crippen LogP contribution in [0.4, 0.5) is 15.3 Å².